The molecule has 0 fully saturated rings. The molecule has 1 amide bonds. The summed E-state index contributed by atoms with van der Waals surface area (Å²) < 4.78 is 5.64. The number of aromatic amines is 1. The van der Waals surface area contributed by atoms with E-state index in [1.807, 2.05) is 24.3 Å². The Morgan fingerprint density at radius 2 is 1.97 bits per heavy atom. The quantitative estimate of drug-likeness (QED) is 0.283. The number of aromatic nitrogens is 2. The third-order valence-corrected chi connectivity index (χ3v) is 4.67. The average molecular weight is 407 g/mol. The summed E-state index contributed by atoms with van der Waals surface area (Å²) in [5.74, 6) is -0.0350. The number of para-hydroxylation sites is 2. The average Bonchev–Trinajstić information content (AvgIpc) is 3.34. The Balaban J connectivity index is 1.36. The van der Waals surface area contributed by atoms with Crippen LogP contribution < -0.4 is 5.43 Å². The van der Waals surface area contributed by atoms with E-state index in [2.05, 4.69) is 20.5 Å². The minimum Gasteiger partial charge on any atom is -0.448 e. The van der Waals surface area contributed by atoms with Gasteiger partial charge >= 0.3 is 0 Å². The topological polar surface area (TPSA) is 126 Å². The molecule has 2 aromatic carbocycles. The number of rotatable bonds is 6. The molecule has 0 atom stereocenters. The maximum absolute atomic E-state index is 12.0. The number of benzene rings is 2. The van der Waals surface area contributed by atoms with Crippen LogP contribution in [0.2, 0.25) is 0 Å². The highest BCUT2D eigenvalue weighted by Gasteiger charge is 2.09. The normalized spacial score (nSPS) is 11.2. The molecule has 2 N–H and O–H groups in total. The molecule has 0 aliphatic rings. The molecule has 0 saturated carbocycles. The van der Waals surface area contributed by atoms with Crippen molar-refractivity contribution in [3.05, 3.63) is 82.1 Å². The number of fused-ring (bicyclic) bond motifs is 1. The molecule has 0 saturated heterocycles. The van der Waals surface area contributed by atoms with Gasteiger partial charge in [0.05, 0.1) is 22.2 Å². The van der Waals surface area contributed by atoms with Crippen LogP contribution in [0.3, 0.4) is 0 Å². The summed E-state index contributed by atoms with van der Waals surface area (Å²) in [4.78, 5) is 29.8. The second-order valence-electron chi connectivity index (χ2n) is 5.82. The molecule has 29 heavy (non-hydrogen) atoms. The van der Waals surface area contributed by atoms with Crippen LogP contribution in [-0.4, -0.2) is 27.0 Å². The summed E-state index contributed by atoms with van der Waals surface area (Å²) in [6.07, 6.45) is 1.37. The first-order valence-electron chi connectivity index (χ1n) is 8.39. The van der Waals surface area contributed by atoms with Gasteiger partial charge in [0.25, 0.3) is 11.6 Å². The van der Waals surface area contributed by atoms with Crippen LogP contribution in [0, 0.1) is 10.1 Å². The van der Waals surface area contributed by atoms with Crippen molar-refractivity contribution in [3.63, 3.8) is 0 Å². The van der Waals surface area contributed by atoms with Gasteiger partial charge in [-0.15, -0.1) is 0 Å². The first-order valence-corrected chi connectivity index (χ1v) is 9.20. The van der Waals surface area contributed by atoms with E-state index in [-0.39, 0.29) is 11.3 Å². The third-order valence-electron chi connectivity index (χ3n) is 3.87. The van der Waals surface area contributed by atoms with Crippen LogP contribution in [0.5, 0.6) is 0 Å². The molecule has 2 heterocycles. The summed E-state index contributed by atoms with van der Waals surface area (Å²) in [6.45, 7) is 0. The van der Waals surface area contributed by atoms with Gasteiger partial charge in [0.15, 0.2) is 10.2 Å². The molecule has 0 bridgehead atoms. The lowest BCUT2D eigenvalue weighted by Gasteiger charge is -1.98. The Labute approximate surface area is 168 Å². The lowest BCUT2D eigenvalue weighted by atomic mass is 10.2. The van der Waals surface area contributed by atoms with E-state index >= 15 is 0 Å². The number of carbonyl (C=O) groups is 1. The smallest absolute Gasteiger partial charge is 0.271 e. The molecule has 0 aliphatic heterocycles. The fourth-order valence-electron chi connectivity index (χ4n) is 2.49. The number of nitrogens with one attached hydrogen (secondary N) is 2. The largest absolute Gasteiger partial charge is 0.448 e. The van der Waals surface area contributed by atoms with Gasteiger partial charge in [-0.25, -0.2) is 10.4 Å². The molecule has 0 spiro atoms. The molecule has 0 radical (unpaired) electrons. The summed E-state index contributed by atoms with van der Waals surface area (Å²) in [7, 11) is 0. The zero-order chi connectivity index (χ0) is 20.2. The Morgan fingerprint density at radius 1 is 1.17 bits per heavy atom. The second-order valence-corrected chi connectivity index (χ2v) is 6.81. The fraction of sp³-hybridized carbons (Fsp3) is 0. The van der Waals surface area contributed by atoms with Gasteiger partial charge in [0, 0.05) is 17.7 Å². The monoisotopic (exact) mass is 407 g/mol. The SMILES string of the molecule is O=C(N/N=C\c1ccc(Sc2nc3ccccc3[nH]2)o1)c1ccc([N+](=O)[O-])cc1. The molecule has 4 rings (SSSR count). The summed E-state index contributed by atoms with van der Waals surface area (Å²) in [5.41, 5.74) is 4.33. The highest BCUT2D eigenvalue weighted by Crippen LogP contribution is 2.28. The van der Waals surface area contributed by atoms with Gasteiger partial charge in [-0.3, -0.25) is 14.9 Å². The number of amides is 1. The Kier molecular flexibility index (Phi) is 5.08. The zero-order valence-electron chi connectivity index (χ0n) is 14.7. The van der Waals surface area contributed by atoms with Crippen LogP contribution >= 0.6 is 11.8 Å². The predicted molar refractivity (Wildman–Crippen MR) is 107 cm³/mol. The lowest BCUT2D eigenvalue weighted by Crippen LogP contribution is -2.17. The van der Waals surface area contributed by atoms with E-state index in [1.165, 1.54) is 42.2 Å². The van der Waals surface area contributed by atoms with Gasteiger partial charge in [-0.2, -0.15) is 5.10 Å². The summed E-state index contributed by atoms with van der Waals surface area (Å²) >= 11 is 1.34. The molecular weight excluding hydrogens is 394 g/mol. The van der Waals surface area contributed by atoms with Gasteiger partial charge < -0.3 is 9.40 Å². The van der Waals surface area contributed by atoms with E-state index in [9.17, 15) is 14.9 Å². The van der Waals surface area contributed by atoms with Gasteiger partial charge in [-0.1, -0.05) is 12.1 Å². The number of carbonyl (C=O) groups excluding carboxylic acids is 1. The van der Waals surface area contributed by atoms with Crippen molar-refractivity contribution in [2.75, 3.05) is 0 Å². The van der Waals surface area contributed by atoms with Crippen LogP contribution in [-0.2, 0) is 0 Å². The third kappa shape index (κ3) is 4.33. The highest BCUT2D eigenvalue weighted by molar-refractivity contribution is 7.99. The van der Waals surface area contributed by atoms with E-state index < -0.39 is 10.8 Å². The standard InChI is InChI=1S/C19H13N5O4S/c25-18(12-5-7-13(8-6-12)24(26)27)23-20-11-14-9-10-17(28-14)29-19-21-15-3-1-2-4-16(15)22-19/h1-11H,(H,21,22)(H,23,25)/b20-11-. The zero-order valence-corrected chi connectivity index (χ0v) is 15.6. The number of nitro benzene ring substituents is 1. The fourth-order valence-corrected chi connectivity index (χ4v) is 3.25. The van der Waals surface area contributed by atoms with Crippen molar-refractivity contribution in [3.8, 4) is 0 Å². The van der Waals surface area contributed by atoms with E-state index in [4.69, 9.17) is 4.42 Å². The molecule has 0 aliphatic carbocycles. The van der Waals surface area contributed by atoms with Crippen LogP contribution in [0.1, 0.15) is 16.1 Å². The van der Waals surface area contributed by atoms with Crippen molar-refractivity contribution >= 4 is 40.6 Å². The number of nitrogens with zero attached hydrogens (tertiary/aromatic N) is 3. The first-order chi connectivity index (χ1) is 14.1. The predicted octanol–water partition coefficient (Wildman–Crippen LogP) is 3.98. The van der Waals surface area contributed by atoms with Gasteiger partial charge in [-0.05, 0) is 48.2 Å². The van der Waals surface area contributed by atoms with Gasteiger partial charge in [0.1, 0.15) is 5.76 Å². The van der Waals surface area contributed by atoms with Crippen molar-refractivity contribution in [1.29, 1.82) is 0 Å². The van der Waals surface area contributed by atoms with Crippen LogP contribution in [0.15, 0.2) is 80.4 Å². The highest BCUT2D eigenvalue weighted by atomic mass is 32.2. The molecule has 2 aromatic heterocycles. The Morgan fingerprint density at radius 3 is 2.72 bits per heavy atom. The molecular formula is C19H13N5O4S. The number of hydrazone groups is 1. The Bertz CT molecular complexity index is 1180. The minimum atomic E-state index is -0.530. The molecule has 9 nitrogen and oxygen atoms in total. The summed E-state index contributed by atoms with van der Waals surface area (Å²) in [5, 5.41) is 15.8. The van der Waals surface area contributed by atoms with Crippen molar-refractivity contribution in [2.45, 2.75) is 10.2 Å². The number of H-pyrrole nitrogens is 1. The van der Waals surface area contributed by atoms with Crippen LogP contribution in [0.4, 0.5) is 5.69 Å². The van der Waals surface area contributed by atoms with Crippen molar-refractivity contribution < 1.29 is 14.1 Å². The van der Waals surface area contributed by atoms with E-state index in [0.29, 0.717) is 16.0 Å². The van der Waals surface area contributed by atoms with Crippen LogP contribution in [0.25, 0.3) is 11.0 Å². The number of nitro groups is 1. The van der Waals surface area contributed by atoms with E-state index in [0.717, 1.165) is 11.0 Å². The molecule has 0 unspecified atom stereocenters. The number of hydrogen-bond donors (Lipinski definition) is 2. The van der Waals surface area contributed by atoms with E-state index in [1.54, 1.807) is 12.1 Å². The number of hydrogen-bond acceptors (Lipinski definition) is 7. The van der Waals surface area contributed by atoms with Crippen molar-refractivity contribution in [1.82, 2.24) is 15.4 Å². The number of non-ortho nitro benzene ring substituents is 1. The molecule has 10 heteroatoms. The van der Waals surface area contributed by atoms with Crippen molar-refractivity contribution in [2.24, 2.45) is 5.10 Å². The van der Waals surface area contributed by atoms with Gasteiger partial charge in [0.2, 0.25) is 0 Å². The minimum absolute atomic E-state index is 0.0879. The molecule has 144 valence electrons. The molecule has 4 aromatic rings. The summed E-state index contributed by atoms with van der Waals surface area (Å²) in [6, 6.07) is 16.4. The first kappa shape index (κ1) is 18.4. The maximum atomic E-state index is 12.0. The Hall–Kier alpha value is -3.92. The maximum Gasteiger partial charge on any atom is 0.271 e. The lowest BCUT2D eigenvalue weighted by molar-refractivity contribution is -0.384. The number of imidazole rings is 1. The number of furan rings is 1. The second kappa shape index (κ2) is 7.98.